The van der Waals surface area contributed by atoms with E-state index < -0.39 is 0 Å². The van der Waals surface area contributed by atoms with Crippen molar-refractivity contribution in [2.24, 2.45) is 0 Å². The third-order valence-corrected chi connectivity index (χ3v) is 4.05. The zero-order chi connectivity index (χ0) is 15.0. The van der Waals surface area contributed by atoms with E-state index in [2.05, 4.69) is 5.32 Å². The van der Waals surface area contributed by atoms with Gasteiger partial charge in [0.25, 0.3) is 0 Å². The van der Waals surface area contributed by atoms with Crippen LogP contribution in [0.1, 0.15) is 19.4 Å². The minimum absolute atomic E-state index is 0.00740. The van der Waals surface area contributed by atoms with E-state index in [4.69, 9.17) is 0 Å². The van der Waals surface area contributed by atoms with Crippen molar-refractivity contribution in [2.45, 2.75) is 25.7 Å². The van der Waals surface area contributed by atoms with Crippen LogP contribution in [0.2, 0.25) is 0 Å². The molecule has 2 amide bonds. The maximum absolute atomic E-state index is 12.1. The first-order chi connectivity index (χ1) is 9.58. The Balaban J connectivity index is 2.51. The smallest absolute Gasteiger partial charge is 0.239 e. The van der Waals surface area contributed by atoms with E-state index in [9.17, 15) is 9.59 Å². The molecule has 1 N–H and O–H groups in total. The van der Waals surface area contributed by atoms with Crippen molar-refractivity contribution >= 4 is 23.6 Å². The molecule has 0 aliphatic carbocycles. The molecular formula is C15H22N2O2S. The van der Waals surface area contributed by atoms with Gasteiger partial charge in [0.2, 0.25) is 11.8 Å². The first-order valence-electron chi connectivity index (χ1n) is 6.81. The average molecular weight is 294 g/mol. The summed E-state index contributed by atoms with van der Waals surface area (Å²) in [4.78, 5) is 26.3. The molecule has 1 aromatic carbocycles. The van der Waals surface area contributed by atoms with Gasteiger partial charge in [-0.05, 0) is 32.4 Å². The third-order valence-electron chi connectivity index (χ3n) is 2.89. The van der Waals surface area contributed by atoms with Gasteiger partial charge in [-0.2, -0.15) is 0 Å². The minimum Gasteiger partial charge on any atom is -0.355 e. The van der Waals surface area contributed by atoms with Crippen LogP contribution < -0.4 is 5.32 Å². The summed E-state index contributed by atoms with van der Waals surface area (Å²) in [7, 11) is 0. The summed E-state index contributed by atoms with van der Waals surface area (Å²) in [6.45, 7) is 7.04. The van der Waals surface area contributed by atoms with E-state index in [-0.39, 0.29) is 18.4 Å². The summed E-state index contributed by atoms with van der Waals surface area (Å²) in [5.41, 5.74) is 1.16. The summed E-state index contributed by atoms with van der Waals surface area (Å²) in [6.07, 6.45) is 0. The molecule has 0 aliphatic heterocycles. The molecule has 4 nitrogen and oxygen atoms in total. The van der Waals surface area contributed by atoms with Gasteiger partial charge in [0.1, 0.15) is 0 Å². The molecule has 5 heteroatoms. The zero-order valence-corrected chi connectivity index (χ0v) is 13.1. The van der Waals surface area contributed by atoms with Gasteiger partial charge in [-0.15, -0.1) is 11.8 Å². The Morgan fingerprint density at radius 1 is 1.25 bits per heavy atom. The Bertz CT molecular complexity index is 463. The predicted octanol–water partition coefficient (Wildman–Crippen LogP) is 2.07. The van der Waals surface area contributed by atoms with Crippen LogP contribution in [0.5, 0.6) is 0 Å². The molecule has 20 heavy (non-hydrogen) atoms. The van der Waals surface area contributed by atoms with Gasteiger partial charge in [-0.25, -0.2) is 0 Å². The third kappa shape index (κ3) is 5.25. The van der Waals surface area contributed by atoms with Gasteiger partial charge >= 0.3 is 0 Å². The van der Waals surface area contributed by atoms with Crippen molar-refractivity contribution in [3.8, 4) is 0 Å². The largest absolute Gasteiger partial charge is 0.355 e. The van der Waals surface area contributed by atoms with Crippen LogP contribution in [0.15, 0.2) is 29.2 Å². The van der Waals surface area contributed by atoms with E-state index in [1.165, 1.54) is 11.8 Å². The standard InChI is InChI=1S/C15H22N2O2S/c1-4-16-14(18)10-17(5-2)15(19)11-20-13-9-7-6-8-12(13)3/h6-9H,4-5,10-11H2,1-3H3,(H,16,18). The van der Waals surface area contributed by atoms with Crippen molar-refractivity contribution in [1.29, 1.82) is 0 Å². The summed E-state index contributed by atoms with van der Waals surface area (Å²) in [5, 5.41) is 2.71. The van der Waals surface area contributed by atoms with E-state index >= 15 is 0 Å². The van der Waals surface area contributed by atoms with Crippen molar-refractivity contribution in [3.63, 3.8) is 0 Å². The number of thioether (sulfide) groups is 1. The highest BCUT2D eigenvalue weighted by atomic mass is 32.2. The summed E-state index contributed by atoms with van der Waals surface area (Å²) in [6, 6.07) is 7.98. The second kappa shape index (κ2) is 8.64. The molecular weight excluding hydrogens is 272 g/mol. The molecule has 0 aromatic heterocycles. The summed E-state index contributed by atoms with van der Waals surface area (Å²) in [5.74, 6) is 0.244. The number of aryl methyl sites for hydroxylation is 1. The Labute approximate surface area is 124 Å². The second-order valence-corrected chi connectivity index (χ2v) is 5.43. The highest BCUT2D eigenvalue weighted by Gasteiger charge is 2.15. The molecule has 0 saturated carbocycles. The fourth-order valence-corrected chi connectivity index (χ4v) is 2.68. The highest BCUT2D eigenvalue weighted by Crippen LogP contribution is 2.21. The molecule has 0 saturated heterocycles. The lowest BCUT2D eigenvalue weighted by Gasteiger charge is -2.20. The summed E-state index contributed by atoms with van der Waals surface area (Å²) < 4.78 is 0. The lowest BCUT2D eigenvalue weighted by molar-refractivity contribution is -0.133. The molecule has 1 aromatic rings. The summed E-state index contributed by atoms with van der Waals surface area (Å²) >= 11 is 1.52. The number of hydrogen-bond acceptors (Lipinski definition) is 3. The molecule has 0 heterocycles. The van der Waals surface area contributed by atoms with E-state index in [0.29, 0.717) is 18.8 Å². The van der Waals surface area contributed by atoms with Gasteiger partial charge in [0, 0.05) is 18.0 Å². The molecule has 110 valence electrons. The number of likely N-dealkylation sites (N-methyl/N-ethyl adjacent to an activating group) is 2. The number of carbonyl (C=O) groups excluding carboxylic acids is 2. The molecule has 0 aliphatic rings. The van der Waals surface area contributed by atoms with Gasteiger partial charge in [-0.1, -0.05) is 18.2 Å². The lowest BCUT2D eigenvalue weighted by atomic mass is 10.2. The first-order valence-corrected chi connectivity index (χ1v) is 7.79. The van der Waals surface area contributed by atoms with Gasteiger partial charge in [-0.3, -0.25) is 9.59 Å². The molecule has 0 radical (unpaired) electrons. The highest BCUT2D eigenvalue weighted by molar-refractivity contribution is 8.00. The van der Waals surface area contributed by atoms with Crippen LogP contribution in [0.3, 0.4) is 0 Å². The van der Waals surface area contributed by atoms with Crippen molar-refractivity contribution in [1.82, 2.24) is 10.2 Å². The predicted molar refractivity (Wildman–Crippen MR) is 82.8 cm³/mol. The Kier molecular flexibility index (Phi) is 7.15. The van der Waals surface area contributed by atoms with Gasteiger partial charge in [0.05, 0.1) is 12.3 Å². The van der Waals surface area contributed by atoms with E-state index in [0.717, 1.165) is 10.5 Å². The number of carbonyl (C=O) groups is 2. The van der Waals surface area contributed by atoms with E-state index in [1.54, 1.807) is 4.90 Å². The van der Waals surface area contributed by atoms with Crippen LogP contribution in [0, 0.1) is 6.92 Å². The average Bonchev–Trinajstić information content (AvgIpc) is 2.44. The lowest BCUT2D eigenvalue weighted by Crippen LogP contribution is -2.41. The van der Waals surface area contributed by atoms with Gasteiger partial charge < -0.3 is 10.2 Å². The Morgan fingerprint density at radius 3 is 2.55 bits per heavy atom. The molecule has 0 unspecified atom stereocenters. The van der Waals surface area contributed by atoms with Crippen molar-refractivity contribution < 1.29 is 9.59 Å². The molecule has 0 fully saturated rings. The number of hydrogen-bond donors (Lipinski definition) is 1. The number of rotatable bonds is 7. The van der Waals surface area contributed by atoms with Crippen LogP contribution in [0.25, 0.3) is 0 Å². The Morgan fingerprint density at radius 2 is 1.95 bits per heavy atom. The fraction of sp³-hybridized carbons (Fsp3) is 0.467. The van der Waals surface area contributed by atoms with Gasteiger partial charge in [0.15, 0.2) is 0 Å². The maximum atomic E-state index is 12.1. The quantitative estimate of drug-likeness (QED) is 0.783. The second-order valence-electron chi connectivity index (χ2n) is 4.42. The minimum atomic E-state index is -0.108. The number of amides is 2. The molecule has 1 rings (SSSR count). The first kappa shape index (κ1) is 16.6. The molecule has 0 spiro atoms. The number of benzene rings is 1. The van der Waals surface area contributed by atoms with Crippen LogP contribution in [0.4, 0.5) is 0 Å². The zero-order valence-electron chi connectivity index (χ0n) is 12.3. The Hall–Kier alpha value is -1.49. The molecule has 0 atom stereocenters. The van der Waals surface area contributed by atoms with E-state index in [1.807, 2.05) is 45.0 Å². The monoisotopic (exact) mass is 294 g/mol. The normalized spacial score (nSPS) is 10.2. The van der Waals surface area contributed by atoms with Crippen LogP contribution in [-0.4, -0.2) is 42.1 Å². The molecule has 0 bridgehead atoms. The van der Waals surface area contributed by atoms with Crippen molar-refractivity contribution in [2.75, 3.05) is 25.4 Å². The van der Waals surface area contributed by atoms with Crippen LogP contribution >= 0.6 is 11.8 Å². The maximum Gasteiger partial charge on any atom is 0.239 e. The number of nitrogens with one attached hydrogen (secondary N) is 1. The SMILES string of the molecule is CCNC(=O)CN(CC)C(=O)CSc1ccccc1C. The van der Waals surface area contributed by atoms with Crippen molar-refractivity contribution in [3.05, 3.63) is 29.8 Å². The topological polar surface area (TPSA) is 49.4 Å². The fourth-order valence-electron chi connectivity index (χ4n) is 1.75. The number of nitrogens with zero attached hydrogens (tertiary/aromatic N) is 1. The van der Waals surface area contributed by atoms with Crippen LogP contribution in [-0.2, 0) is 9.59 Å².